The summed E-state index contributed by atoms with van der Waals surface area (Å²) >= 11 is 0. The van der Waals surface area contributed by atoms with Crippen LogP contribution in [0.15, 0.2) is 36.5 Å². The lowest BCUT2D eigenvalue weighted by Gasteiger charge is -2.28. The van der Waals surface area contributed by atoms with Crippen LogP contribution < -0.4 is 0 Å². The van der Waals surface area contributed by atoms with Crippen LogP contribution in [-0.4, -0.2) is 21.5 Å². The minimum absolute atomic E-state index is 0.183. The minimum atomic E-state index is -0.343. The maximum absolute atomic E-state index is 12.4. The van der Waals surface area contributed by atoms with Crippen molar-refractivity contribution < 1.29 is 14.3 Å². The van der Waals surface area contributed by atoms with Gasteiger partial charge in [0.1, 0.15) is 18.0 Å². The molecule has 0 bridgehead atoms. The number of hydrogen-bond acceptors (Lipinski definition) is 4. The maximum Gasteiger partial charge on any atom is 0.341 e. The van der Waals surface area contributed by atoms with Crippen molar-refractivity contribution in [3.05, 3.63) is 53.3 Å². The molecule has 2 aromatic rings. The third-order valence-corrected chi connectivity index (χ3v) is 5.09. The van der Waals surface area contributed by atoms with E-state index < -0.39 is 0 Å². The lowest BCUT2D eigenvalue weighted by molar-refractivity contribution is -0.121. The molecule has 0 amide bonds. The molecule has 5 nitrogen and oxygen atoms in total. The standard InChI is InChI=1S/C20H24N2O3/c1-14-19(20(24)25-13-16-6-4-3-5-7-16)12-21-22(14)18-10-8-17(9-11-18)15(2)23/h3-7,12,17-18H,8-11,13H2,1-2H3. The Kier molecular flexibility index (Phi) is 5.31. The molecule has 5 heteroatoms. The van der Waals surface area contributed by atoms with Crippen molar-refractivity contribution in [3.8, 4) is 0 Å². The minimum Gasteiger partial charge on any atom is -0.457 e. The van der Waals surface area contributed by atoms with E-state index in [0.717, 1.165) is 36.9 Å². The molecule has 1 heterocycles. The number of benzene rings is 1. The lowest BCUT2D eigenvalue weighted by Crippen LogP contribution is -2.23. The fourth-order valence-corrected chi connectivity index (χ4v) is 3.52. The largest absolute Gasteiger partial charge is 0.457 e. The first kappa shape index (κ1) is 17.4. The summed E-state index contributed by atoms with van der Waals surface area (Å²) in [7, 11) is 0. The van der Waals surface area contributed by atoms with E-state index in [1.165, 1.54) is 0 Å². The third-order valence-electron chi connectivity index (χ3n) is 5.09. The first-order valence-electron chi connectivity index (χ1n) is 8.82. The van der Waals surface area contributed by atoms with E-state index >= 15 is 0 Å². The Morgan fingerprint density at radius 1 is 1.16 bits per heavy atom. The Morgan fingerprint density at radius 2 is 1.84 bits per heavy atom. The summed E-state index contributed by atoms with van der Waals surface area (Å²) < 4.78 is 7.33. The number of carbonyl (C=O) groups excluding carboxylic acids is 2. The molecule has 1 saturated carbocycles. The SMILES string of the molecule is CC(=O)C1CCC(n2ncc(C(=O)OCc3ccccc3)c2C)CC1. The van der Waals surface area contributed by atoms with Crippen LogP contribution in [0.25, 0.3) is 0 Å². The first-order chi connectivity index (χ1) is 12.1. The molecule has 0 N–H and O–H groups in total. The molecule has 1 aromatic heterocycles. The second-order valence-electron chi connectivity index (χ2n) is 6.77. The summed E-state index contributed by atoms with van der Waals surface area (Å²) in [6.45, 7) is 3.84. The molecule has 1 aliphatic carbocycles. The average Bonchev–Trinajstić information content (AvgIpc) is 3.02. The highest BCUT2D eigenvalue weighted by Crippen LogP contribution is 2.33. The summed E-state index contributed by atoms with van der Waals surface area (Å²) in [6, 6.07) is 9.88. The second kappa shape index (κ2) is 7.64. The van der Waals surface area contributed by atoms with E-state index in [9.17, 15) is 9.59 Å². The van der Waals surface area contributed by atoms with Gasteiger partial charge in [0.25, 0.3) is 0 Å². The van der Waals surface area contributed by atoms with E-state index in [2.05, 4.69) is 5.10 Å². The van der Waals surface area contributed by atoms with Gasteiger partial charge in [0.05, 0.1) is 17.9 Å². The summed E-state index contributed by atoms with van der Waals surface area (Å²) in [5, 5.41) is 4.42. The Bertz CT molecular complexity index is 744. The van der Waals surface area contributed by atoms with Crippen LogP contribution in [0.5, 0.6) is 0 Å². The fraction of sp³-hybridized carbons (Fsp3) is 0.450. The van der Waals surface area contributed by atoms with Crippen molar-refractivity contribution >= 4 is 11.8 Å². The van der Waals surface area contributed by atoms with Crippen molar-refractivity contribution in [2.24, 2.45) is 5.92 Å². The zero-order chi connectivity index (χ0) is 17.8. The summed E-state index contributed by atoms with van der Waals surface area (Å²) in [5.41, 5.74) is 2.32. The van der Waals surface area contributed by atoms with Gasteiger partial charge in [-0.05, 0) is 45.1 Å². The number of carbonyl (C=O) groups is 2. The maximum atomic E-state index is 12.4. The molecule has 132 valence electrons. The van der Waals surface area contributed by atoms with Crippen molar-refractivity contribution in [1.29, 1.82) is 0 Å². The molecule has 0 radical (unpaired) electrons. The van der Waals surface area contributed by atoms with Crippen molar-refractivity contribution in [2.45, 2.75) is 52.2 Å². The summed E-state index contributed by atoms with van der Waals surface area (Å²) in [4.78, 5) is 23.9. The lowest BCUT2D eigenvalue weighted by atomic mass is 9.84. The van der Waals surface area contributed by atoms with Gasteiger partial charge in [0.2, 0.25) is 0 Å². The van der Waals surface area contributed by atoms with Crippen LogP contribution in [0.1, 0.15) is 60.3 Å². The average molecular weight is 340 g/mol. The van der Waals surface area contributed by atoms with Gasteiger partial charge in [-0.1, -0.05) is 30.3 Å². The van der Waals surface area contributed by atoms with Gasteiger partial charge < -0.3 is 4.74 Å². The highest BCUT2D eigenvalue weighted by molar-refractivity contribution is 5.90. The third kappa shape index (κ3) is 3.98. The van der Waals surface area contributed by atoms with Gasteiger partial charge in [0, 0.05) is 5.92 Å². The van der Waals surface area contributed by atoms with Crippen LogP contribution in [0.2, 0.25) is 0 Å². The summed E-state index contributed by atoms with van der Waals surface area (Å²) in [5.74, 6) is 0.119. The molecular weight excluding hydrogens is 316 g/mol. The monoisotopic (exact) mass is 340 g/mol. The Balaban J connectivity index is 1.63. The molecule has 0 atom stereocenters. The van der Waals surface area contributed by atoms with Crippen LogP contribution in [0.4, 0.5) is 0 Å². The zero-order valence-electron chi connectivity index (χ0n) is 14.8. The number of ketones is 1. The highest BCUT2D eigenvalue weighted by atomic mass is 16.5. The Labute approximate surface area is 148 Å². The topological polar surface area (TPSA) is 61.2 Å². The predicted molar refractivity (Wildman–Crippen MR) is 94.2 cm³/mol. The molecule has 3 rings (SSSR count). The second-order valence-corrected chi connectivity index (χ2v) is 6.77. The normalized spacial score (nSPS) is 20.2. The van der Waals surface area contributed by atoms with Crippen LogP contribution >= 0.6 is 0 Å². The number of rotatable bonds is 5. The van der Waals surface area contributed by atoms with Crippen LogP contribution in [0.3, 0.4) is 0 Å². The number of aromatic nitrogens is 2. The Morgan fingerprint density at radius 3 is 2.48 bits per heavy atom. The highest BCUT2D eigenvalue weighted by Gasteiger charge is 2.27. The van der Waals surface area contributed by atoms with Crippen molar-refractivity contribution in [2.75, 3.05) is 0 Å². The smallest absolute Gasteiger partial charge is 0.341 e. The molecule has 1 aromatic carbocycles. The van der Waals surface area contributed by atoms with E-state index in [1.54, 1.807) is 13.1 Å². The summed E-state index contributed by atoms with van der Waals surface area (Å²) in [6.07, 6.45) is 5.23. The molecule has 0 spiro atoms. The molecule has 1 aliphatic rings. The van der Waals surface area contributed by atoms with Crippen LogP contribution in [-0.2, 0) is 16.1 Å². The van der Waals surface area contributed by atoms with Gasteiger partial charge in [-0.2, -0.15) is 5.10 Å². The predicted octanol–water partition coefficient (Wildman–Crippen LogP) is 3.87. The molecule has 0 saturated heterocycles. The first-order valence-corrected chi connectivity index (χ1v) is 8.82. The Hall–Kier alpha value is -2.43. The fourth-order valence-electron chi connectivity index (χ4n) is 3.52. The van der Waals surface area contributed by atoms with Gasteiger partial charge >= 0.3 is 5.97 Å². The van der Waals surface area contributed by atoms with Gasteiger partial charge in [0.15, 0.2) is 0 Å². The number of Topliss-reactive ketones (excluding diaryl/α,β-unsaturated/α-hetero) is 1. The van der Waals surface area contributed by atoms with E-state index in [1.807, 2.05) is 41.9 Å². The van der Waals surface area contributed by atoms with Crippen molar-refractivity contribution in [3.63, 3.8) is 0 Å². The molecule has 25 heavy (non-hydrogen) atoms. The van der Waals surface area contributed by atoms with Gasteiger partial charge in [-0.25, -0.2) is 4.79 Å². The van der Waals surface area contributed by atoms with Gasteiger partial charge in [-0.15, -0.1) is 0 Å². The van der Waals surface area contributed by atoms with E-state index in [-0.39, 0.29) is 30.3 Å². The molecular formula is C20H24N2O3. The number of nitrogens with zero attached hydrogens (tertiary/aromatic N) is 2. The van der Waals surface area contributed by atoms with E-state index in [4.69, 9.17) is 4.74 Å². The number of ether oxygens (including phenoxy) is 1. The molecule has 0 aliphatic heterocycles. The molecule has 0 unspecified atom stereocenters. The number of esters is 1. The number of hydrogen-bond donors (Lipinski definition) is 0. The molecule has 1 fully saturated rings. The zero-order valence-corrected chi connectivity index (χ0v) is 14.8. The quantitative estimate of drug-likeness (QED) is 0.775. The van der Waals surface area contributed by atoms with E-state index in [0.29, 0.717) is 5.56 Å². The van der Waals surface area contributed by atoms with Gasteiger partial charge in [-0.3, -0.25) is 9.48 Å². The van der Waals surface area contributed by atoms with Crippen LogP contribution in [0, 0.1) is 12.8 Å². The van der Waals surface area contributed by atoms with Crippen molar-refractivity contribution in [1.82, 2.24) is 9.78 Å².